The van der Waals surface area contributed by atoms with Crippen molar-refractivity contribution in [2.75, 3.05) is 20.8 Å². The number of rotatable bonds is 6. The molecule has 102 valence electrons. The number of hydrogen-bond acceptors (Lipinski definition) is 7. The molecule has 0 aromatic carbocycles. The molecule has 1 amide bonds. The van der Waals surface area contributed by atoms with E-state index in [2.05, 4.69) is 19.5 Å². The average molecular weight is 261 g/mol. The summed E-state index contributed by atoms with van der Waals surface area (Å²) in [5.74, 6) is -1.94. The molecule has 0 fully saturated rings. The topological polar surface area (TPSA) is 108 Å². The number of nitrogens with one attached hydrogen (secondary N) is 1. The van der Waals surface area contributed by atoms with E-state index in [4.69, 9.17) is 0 Å². The molecular weight excluding hydrogens is 246 g/mol. The van der Waals surface area contributed by atoms with Gasteiger partial charge in [0, 0.05) is 13.3 Å². The highest BCUT2D eigenvalue weighted by atomic mass is 16.5. The van der Waals surface area contributed by atoms with E-state index in [9.17, 15) is 19.2 Å². The van der Waals surface area contributed by atoms with Crippen LogP contribution in [-0.4, -0.2) is 50.7 Å². The van der Waals surface area contributed by atoms with Crippen molar-refractivity contribution in [2.45, 2.75) is 19.4 Å². The van der Waals surface area contributed by atoms with Gasteiger partial charge in [-0.3, -0.25) is 9.59 Å². The van der Waals surface area contributed by atoms with Crippen molar-refractivity contribution in [3.05, 3.63) is 0 Å². The summed E-state index contributed by atoms with van der Waals surface area (Å²) in [6.45, 7) is 0.684. The molecule has 8 nitrogen and oxygen atoms in total. The van der Waals surface area contributed by atoms with Crippen LogP contribution in [0.2, 0.25) is 0 Å². The van der Waals surface area contributed by atoms with Crippen LogP contribution in [0.3, 0.4) is 0 Å². The van der Waals surface area contributed by atoms with Crippen molar-refractivity contribution in [2.24, 2.45) is 0 Å². The fourth-order valence-corrected chi connectivity index (χ4v) is 1.01. The summed E-state index contributed by atoms with van der Waals surface area (Å²) in [5, 5.41) is 2.14. The van der Waals surface area contributed by atoms with Crippen LogP contribution in [0, 0.1) is 0 Å². The van der Waals surface area contributed by atoms with E-state index in [1.54, 1.807) is 0 Å². The monoisotopic (exact) mass is 261 g/mol. The van der Waals surface area contributed by atoms with E-state index < -0.39 is 36.5 Å². The molecule has 0 aliphatic rings. The van der Waals surface area contributed by atoms with Crippen LogP contribution < -0.4 is 5.32 Å². The molecule has 18 heavy (non-hydrogen) atoms. The van der Waals surface area contributed by atoms with Crippen molar-refractivity contribution in [1.82, 2.24) is 5.32 Å². The highest BCUT2D eigenvalue weighted by Crippen LogP contribution is 1.98. The van der Waals surface area contributed by atoms with Crippen molar-refractivity contribution in [3.8, 4) is 0 Å². The van der Waals surface area contributed by atoms with Crippen LogP contribution in [-0.2, 0) is 28.6 Å². The van der Waals surface area contributed by atoms with E-state index in [0.717, 1.165) is 21.1 Å². The van der Waals surface area contributed by atoms with Crippen molar-refractivity contribution >= 4 is 23.8 Å². The van der Waals surface area contributed by atoms with Crippen LogP contribution >= 0.6 is 0 Å². The molecule has 0 aromatic rings. The third kappa shape index (κ3) is 6.46. The molecule has 0 saturated heterocycles. The minimum Gasteiger partial charge on any atom is -0.467 e. The molecule has 0 radical (unpaired) electrons. The number of carbonyl (C=O) groups excluding carboxylic acids is 4. The van der Waals surface area contributed by atoms with Gasteiger partial charge in [-0.2, -0.15) is 0 Å². The minimum absolute atomic E-state index is 0.352. The standard InChI is InChI=1S/C10H15NO7/c1-6(12)18-5-7(13)4-8(9(14)16-2)11-10(15)17-3/h8H,4-5H2,1-3H3,(H,11,15). The number of hydrogen-bond donors (Lipinski definition) is 1. The molecule has 0 rings (SSSR count). The molecule has 0 heterocycles. The summed E-state index contributed by atoms with van der Waals surface area (Å²) >= 11 is 0. The van der Waals surface area contributed by atoms with Crippen LogP contribution in [0.5, 0.6) is 0 Å². The fraction of sp³-hybridized carbons (Fsp3) is 0.600. The summed E-state index contributed by atoms with van der Waals surface area (Å²) in [5.41, 5.74) is 0. The largest absolute Gasteiger partial charge is 0.467 e. The summed E-state index contributed by atoms with van der Waals surface area (Å²) in [4.78, 5) is 44.1. The number of amides is 1. The van der Waals surface area contributed by atoms with Gasteiger partial charge in [-0.1, -0.05) is 0 Å². The predicted octanol–water partition coefficient (Wildman–Crippen LogP) is -0.594. The van der Waals surface area contributed by atoms with Crippen LogP contribution in [0.4, 0.5) is 4.79 Å². The molecule has 0 aromatic heterocycles. The van der Waals surface area contributed by atoms with E-state index in [1.807, 2.05) is 0 Å². The highest BCUT2D eigenvalue weighted by Gasteiger charge is 2.25. The maximum atomic E-state index is 11.4. The molecule has 0 spiro atoms. The van der Waals surface area contributed by atoms with Gasteiger partial charge >= 0.3 is 18.0 Å². The molecule has 1 atom stereocenters. The van der Waals surface area contributed by atoms with Gasteiger partial charge < -0.3 is 19.5 Å². The Morgan fingerprint density at radius 1 is 1.11 bits per heavy atom. The Morgan fingerprint density at radius 3 is 2.17 bits per heavy atom. The molecule has 0 aliphatic heterocycles. The van der Waals surface area contributed by atoms with Gasteiger partial charge in [-0.05, 0) is 0 Å². The lowest BCUT2D eigenvalue weighted by molar-refractivity contribution is -0.147. The zero-order chi connectivity index (χ0) is 14.1. The van der Waals surface area contributed by atoms with E-state index in [-0.39, 0.29) is 6.42 Å². The molecular formula is C10H15NO7. The molecule has 1 N–H and O–H groups in total. The first-order valence-electron chi connectivity index (χ1n) is 4.98. The minimum atomic E-state index is -1.18. The summed E-state index contributed by atoms with van der Waals surface area (Å²) < 4.78 is 13.2. The number of alkyl carbamates (subject to hydrolysis) is 1. The summed E-state index contributed by atoms with van der Waals surface area (Å²) in [7, 11) is 2.23. The third-order valence-corrected chi connectivity index (χ3v) is 1.83. The molecule has 1 unspecified atom stereocenters. The van der Waals surface area contributed by atoms with Crippen molar-refractivity contribution < 1.29 is 33.4 Å². The Balaban J connectivity index is 4.40. The first kappa shape index (κ1) is 15.9. The smallest absolute Gasteiger partial charge is 0.407 e. The summed E-state index contributed by atoms with van der Waals surface area (Å²) in [6, 6.07) is -1.18. The lowest BCUT2D eigenvalue weighted by Crippen LogP contribution is -2.43. The van der Waals surface area contributed by atoms with Gasteiger partial charge in [0.15, 0.2) is 5.78 Å². The summed E-state index contributed by atoms with van der Waals surface area (Å²) in [6.07, 6.45) is -1.22. The second kappa shape index (κ2) is 8.04. The predicted molar refractivity (Wildman–Crippen MR) is 57.6 cm³/mol. The first-order valence-corrected chi connectivity index (χ1v) is 4.98. The third-order valence-electron chi connectivity index (χ3n) is 1.83. The SMILES string of the molecule is COC(=O)NC(CC(=O)COC(C)=O)C(=O)OC. The number of carbonyl (C=O) groups is 4. The van der Waals surface area contributed by atoms with E-state index in [1.165, 1.54) is 0 Å². The molecule has 8 heteroatoms. The van der Waals surface area contributed by atoms with Gasteiger partial charge in [-0.15, -0.1) is 0 Å². The van der Waals surface area contributed by atoms with Gasteiger partial charge in [-0.25, -0.2) is 9.59 Å². The number of esters is 2. The Labute approximate surface area is 104 Å². The lowest BCUT2D eigenvalue weighted by atomic mass is 10.1. The normalized spacial score (nSPS) is 11.1. The highest BCUT2D eigenvalue weighted by molar-refractivity contribution is 5.90. The molecule has 0 aliphatic carbocycles. The molecule has 0 bridgehead atoms. The van der Waals surface area contributed by atoms with Crippen molar-refractivity contribution in [1.29, 1.82) is 0 Å². The maximum absolute atomic E-state index is 11.4. The fourth-order valence-electron chi connectivity index (χ4n) is 1.01. The van der Waals surface area contributed by atoms with Gasteiger partial charge in [0.1, 0.15) is 12.6 Å². The number of ketones is 1. The number of methoxy groups -OCH3 is 2. The molecule has 0 saturated carbocycles. The van der Waals surface area contributed by atoms with E-state index >= 15 is 0 Å². The lowest BCUT2D eigenvalue weighted by Gasteiger charge is -2.14. The first-order chi connectivity index (χ1) is 8.40. The Morgan fingerprint density at radius 2 is 1.72 bits per heavy atom. The van der Waals surface area contributed by atoms with Crippen LogP contribution in [0.25, 0.3) is 0 Å². The average Bonchev–Trinajstić information content (AvgIpc) is 2.34. The van der Waals surface area contributed by atoms with Gasteiger partial charge in [0.2, 0.25) is 0 Å². The zero-order valence-corrected chi connectivity index (χ0v) is 10.3. The Hall–Kier alpha value is -2.12. The zero-order valence-electron chi connectivity index (χ0n) is 10.3. The second-order valence-electron chi connectivity index (χ2n) is 3.23. The van der Waals surface area contributed by atoms with Gasteiger partial charge in [0.05, 0.1) is 14.2 Å². The Bertz CT molecular complexity index is 339. The maximum Gasteiger partial charge on any atom is 0.407 e. The number of ether oxygens (including phenoxy) is 3. The van der Waals surface area contributed by atoms with Crippen LogP contribution in [0.1, 0.15) is 13.3 Å². The van der Waals surface area contributed by atoms with Crippen molar-refractivity contribution in [3.63, 3.8) is 0 Å². The Kier molecular flexibility index (Phi) is 7.10. The van der Waals surface area contributed by atoms with E-state index in [0.29, 0.717) is 0 Å². The quantitative estimate of drug-likeness (QED) is 0.502. The van der Waals surface area contributed by atoms with Gasteiger partial charge in [0.25, 0.3) is 0 Å². The second-order valence-corrected chi connectivity index (χ2v) is 3.23. The van der Waals surface area contributed by atoms with Crippen LogP contribution in [0.15, 0.2) is 0 Å². The number of Topliss-reactive ketones (excluding diaryl/α,β-unsaturated/α-hetero) is 1.